The fraction of sp³-hybridized carbons (Fsp3) is 0.409. The molecule has 0 radical (unpaired) electrons. The Balaban J connectivity index is 1.37. The number of carbonyl (C=O) groups excluding carboxylic acids is 1. The van der Waals surface area contributed by atoms with Crippen LogP contribution < -0.4 is 11.1 Å². The van der Waals surface area contributed by atoms with Crippen LogP contribution in [0.15, 0.2) is 48.9 Å². The van der Waals surface area contributed by atoms with Crippen LogP contribution in [-0.2, 0) is 11.2 Å². The van der Waals surface area contributed by atoms with Crippen LogP contribution >= 0.6 is 0 Å². The number of nitrogens with two attached hydrogens (primary N) is 1. The highest BCUT2D eigenvalue weighted by Gasteiger charge is 2.67. The number of benzene rings is 1. The van der Waals surface area contributed by atoms with Gasteiger partial charge in [-0.2, -0.15) is 18.3 Å². The second-order valence-corrected chi connectivity index (χ2v) is 8.26. The molecule has 4 rings (SSSR count). The van der Waals surface area contributed by atoms with Gasteiger partial charge in [0.15, 0.2) is 0 Å². The Morgan fingerprint density at radius 2 is 2.06 bits per heavy atom. The minimum Gasteiger partial charge on any atom is -0.355 e. The van der Waals surface area contributed by atoms with Crippen molar-refractivity contribution in [1.29, 1.82) is 0 Å². The fourth-order valence-electron chi connectivity index (χ4n) is 4.18. The largest absolute Gasteiger partial charge is 0.395 e. The molecule has 0 spiro atoms. The molecule has 2 heterocycles. The van der Waals surface area contributed by atoms with Gasteiger partial charge in [-0.3, -0.25) is 14.9 Å². The minimum atomic E-state index is -4.37. The maximum atomic E-state index is 13.7. The monoisotopic (exact) mass is 431 g/mol. The summed E-state index contributed by atoms with van der Waals surface area (Å²) in [5.41, 5.74) is 6.66. The zero-order chi connectivity index (χ0) is 22.1. The van der Waals surface area contributed by atoms with Crippen molar-refractivity contribution in [1.82, 2.24) is 20.5 Å². The fourth-order valence-corrected chi connectivity index (χ4v) is 4.18. The number of halogens is 3. The number of alkyl halides is 3. The van der Waals surface area contributed by atoms with E-state index in [1.54, 1.807) is 18.3 Å². The van der Waals surface area contributed by atoms with Gasteiger partial charge in [0.25, 0.3) is 0 Å². The Bertz CT molecular complexity index is 1050. The van der Waals surface area contributed by atoms with E-state index in [0.29, 0.717) is 12.0 Å². The van der Waals surface area contributed by atoms with E-state index < -0.39 is 23.4 Å². The van der Waals surface area contributed by atoms with Crippen molar-refractivity contribution in [3.05, 3.63) is 60.0 Å². The number of fused-ring (bicyclic) bond motifs is 1. The molecule has 0 bridgehead atoms. The van der Waals surface area contributed by atoms with Gasteiger partial charge in [-0.1, -0.05) is 12.1 Å². The summed E-state index contributed by atoms with van der Waals surface area (Å²) in [5.74, 6) is -1.40. The molecule has 31 heavy (non-hydrogen) atoms. The molecule has 0 saturated heterocycles. The van der Waals surface area contributed by atoms with Gasteiger partial charge in [0.1, 0.15) is 0 Å². The average Bonchev–Trinajstić information content (AvgIpc) is 3.43. The van der Waals surface area contributed by atoms with Gasteiger partial charge in [0, 0.05) is 42.7 Å². The third-order valence-electron chi connectivity index (χ3n) is 6.06. The van der Waals surface area contributed by atoms with Gasteiger partial charge in [-0.15, -0.1) is 0 Å². The van der Waals surface area contributed by atoms with Crippen LogP contribution in [0.4, 0.5) is 13.2 Å². The molecule has 164 valence electrons. The second kappa shape index (κ2) is 8.30. The highest BCUT2D eigenvalue weighted by atomic mass is 19.4. The predicted molar refractivity (Wildman–Crippen MR) is 110 cm³/mol. The van der Waals surface area contributed by atoms with Crippen molar-refractivity contribution in [2.45, 2.75) is 43.8 Å². The molecule has 2 atom stereocenters. The first-order valence-corrected chi connectivity index (χ1v) is 10.2. The number of hydrogen-bond donors (Lipinski definition) is 3. The lowest BCUT2D eigenvalue weighted by atomic mass is 9.80. The van der Waals surface area contributed by atoms with E-state index in [2.05, 4.69) is 20.5 Å². The molecule has 9 heteroatoms. The number of aromatic nitrogens is 3. The van der Waals surface area contributed by atoms with Crippen molar-refractivity contribution in [2.24, 2.45) is 11.1 Å². The minimum absolute atomic E-state index is 0.0271. The summed E-state index contributed by atoms with van der Waals surface area (Å²) in [6.45, 7) is 0.182. The molecule has 1 aromatic carbocycles. The number of rotatable bonds is 8. The van der Waals surface area contributed by atoms with Crippen LogP contribution in [0.2, 0.25) is 0 Å². The third kappa shape index (κ3) is 4.56. The molecule has 1 amide bonds. The van der Waals surface area contributed by atoms with Crippen LogP contribution in [0.1, 0.15) is 36.3 Å². The lowest BCUT2D eigenvalue weighted by Crippen LogP contribution is -2.40. The predicted octanol–water partition coefficient (Wildman–Crippen LogP) is 3.46. The summed E-state index contributed by atoms with van der Waals surface area (Å²) in [7, 11) is 0. The molecule has 0 unspecified atom stereocenters. The normalized spacial score (nSPS) is 17.3. The Morgan fingerprint density at radius 3 is 2.74 bits per heavy atom. The van der Waals surface area contributed by atoms with Crippen LogP contribution in [0.5, 0.6) is 0 Å². The van der Waals surface area contributed by atoms with E-state index >= 15 is 0 Å². The lowest BCUT2D eigenvalue weighted by molar-refractivity contribution is -0.194. The first-order valence-electron chi connectivity index (χ1n) is 10.2. The number of nitrogens with zero attached hydrogens (tertiary/aromatic N) is 2. The van der Waals surface area contributed by atoms with Crippen LogP contribution in [0.3, 0.4) is 0 Å². The van der Waals surface area contributed by atoms with Crippen molar-refractivity contribution in [3.8, 4) is 0 Å². The number of pyridine rings is 1. The molecule has 0 aliphatic heterocycles. The van der Waals surface area contributed by atoms with Crippen LogP contribution in [-0.4, -0.2) is 39.9 Å². The second-order valence-electron chi connectivity index (χ2n) is 8.26. The van der Waals surface area contributed by atoms with Gasteiger partial charge in [-0.05, 0) is 48.6 Å². The van der Waals surface area contributed by atoms with E-state index in [4.69, 9.17) is 5.73 Å². The van der Waals surface area contributed by atoms with E-state index in [0.717, 1.165) is 16.5 Å². The number of H-pyrrole nitrogens is 1. The Kier molecular flexibility index (Phi) is 5.70. The topological polar surface area (TPSA) is 96.7 Å². The lowest BCUT2D eigenvalue weighted by Gasteiger charge is -2.29. The first kappa shape index (κ1) is 21.3. The summed E-state index contributed by atoms with van der Waals surface area (Å²) in [6, 6.07) is 8.66. The molecule has 4 N–H and O–H groups in total. The van der Waals surface area contributed by atoms with Crippen molar-refractivity contribution in [3.63, 3.8) is 0 Å². The number of amides is 1. The van der Waals surface area contributed by atoms with E-state index in [9.17, 15) is 18.0 Å². The summed E-state index contributed by atoms with van der Waals surface area (Å²) in [4.78, 5) is 16.5. The average molecular weight is 431 g/mol. The highest BCUT2D eigenvalue weighted by molar-refractivity contribution is 5.78. The van der Waals surface area contributed by atoms with Crippen LogP contribution in [0, 0.1) is 5.41 Å². The van der Waals surface area contributed by atoms with E-state index in [1.807, 2.05) is 18.2 Å². The summed E-state index contributed by atoms with van der Waals surface area (Å²) in [5, 5.41) is 10.5. The number of carbonyl (C=O) groups is 1. The smallest absolute Gasteiger partial charge is 0.355 e. The third-order valence-corrected chi connectivity index (χ3v) is 6.06. The van der Waals surface area contributed by atoms with Gasteiger partial charge >= 0.3 is 6.18 Å². The number of hydrogen-bond acceptors (Lipinski definition) is 4. The summed E-state index contributed by atoms with van der Waals surface area (Å²) < 4.78 is 41.2. The van der Waals surface area contributed by atoms with Crippen molar-refractivity contribution in [2.75, 3.05) is 6.54 Å². The van der Waals surface area contributed by atoms with Gasteiger partial charge in [0.2, 0.25) is 5.91 Å². The molecule has 3 aromatic rings. The first-order chi connectivity index (χ1) is 14.8. The molecular formula is C22H24F3N5O. The standard InChI is InChI=1S/C22H24F3N5O/c23-22(24,25)21(5-6-21)18(15-2-1-7-27-11-15)10-20(31)28-13-17(26)9-14-3-4-19-16(8-14)12-29-30-19/h1-4,7-8,11-12,17-18H,5-6,9-10,13,26H2,(H,28,31)(H,29,30)/t17-,18+/m0/s1. The van der Waals surface area contributed by atoms with E-state index in [1.165, 1.54) is 12.4 Å². The molecule has 1 aliphatic rings. The summed E-state index contributed by atoms with van der Waals surface area (Å²) >= 11 is 0. The number of aromatic amines is 1. The molecule has 1 aliphatic carbocycles. The van der Waals surface area contributed by atoms with E-state index in [-0.39, 0.29) is 31.8 Å². The number of nitrogens with one attached hydrogen (secondary N) is 2. The maximum Gasteiger partial charge on any atom is 0.395 e. The molecular weight excluding hydrogens is 407 g/mol. The summed E-state index contributed by atoms with van der Waals surface area (Å²) in [6.07, 6.45) is 0.613. The van der Waals surface area contributed by atoms with Crippen molar-refractivity contribution >= 4 is 16.8 Å². The van der Waals surface area contributed by atoms with Crippen LogP contribution in [0.25, 0.3) is 10.9 Å². The zero-order valence-corrected chi connectivity index (χ0v) is 16.8. The Labute approximate surface area is 177 Å². The van der Waals surface area contributed by atoms with Crippen molar-refractivity contribution < 1.29 is 18.0 Å². The Hall–Kier alpha value is -2.94. The maximum absolute atomic E-state index is 13.7. The molecule has 1 fully saturated rings. The SMILES string of the molecule is N[C@H](CNC(=O)C[C@H](c1cccnc1)C1(C(F)(F)F)CC1)Cc1ccc2[nH]ncc2c1. The van der Waals surface area contributed by atoms with Gasteiger partial charge in [-0.25, -0.2) is 0 Å². The zero-order valence-electron chi connectivity index (χ0n) is 16.8. The quantitative estimate of drug-likeness (QED) is 0.509. The molecule has 1 saturated carbocycles. The Morgan fingerprint density at radius 1 is 1.26 bits per heavy atom. The molecule has 2 aromatic heterocycles. The highest BCUT2D eigenvalue weighted by Crippen LogP contribution is 2.66. The molecule has 6 nitrogen and oxygen atoms in total. The van der Waals surface area contributed by atoms with Gasteiger partial charge < -0.3 is 11.1 Å². The van der Waals surface area contributed by atoms with Gasteiger partial charge in [0.05, 0.1) is 17.1 Å².